The summed E-state index contributed by atoms with van der Waals surface area (Å²) in [5.74, 6) is -2.91. The number of nitrogens with one attached hydrogen (secondary N) is 1. The first-order valence-corrected chi connectivity index (χ1v) is 15.1. The van der Waals surface area contributed by atoms with Crippen LogP contribution < -0.4 is 16.8 Å². The Labute approximate surface area is 268 Å². The predicted octanol–water partition coefficient (Wildman–Crippen LogP) is 5.91. The molecule has 3 N–H and O–H groups in total. The summed E-state index contributed by atoms with van der Waals surface area (Å²) < 4.78 is 35.1. The average Bonchev–Trinajstić information content (AvgIpc) is 3.47. The van der Waals surface area contributed by atoms with Crippen LogP contribution in [-0.4, -0.2) is 21.4 Å². The minimum absolute atomic E-state index is 0.0861. The van der Waals surface area contributed by atoms with Crippen LogP contribution in [0.4, 0.5) is 8.78 Å². The zero-order valence-electron chi connectivity index (χ0n) is 26.2. The Hall–Kier alpha value is -5.63. The number of amides is 2. The molecule has 0 radical (unpaired) electrons. The molecule has 5 aromatic rings. The van der Waals surface area contributed by atoms with E-state index in [1.54, 1.807) is 49.4 Å². The number of hydrogen-bond donors (Lipinski definition) is 2. The Morgan fingerprint density at radius 2 is 1.79 bits per heavy atom. The second-order valence-corrected chi connectivity index (χ2v) is 12.5. The number of nitrogens with two attached hydrogens (primary N) is 1. The largest absolute Gasteiger partial charge is 0.420 e. The number of carbonyl (C=O) groups excluding carboxylic acids is 2. The molecular formula is C36H31F2N5O4. The number of nitrogens with zero attached hydrogens (tertiary/aromatic N) is 3. The van der Waals surface area contributed by atoms with E-state index in [-0.39, 0.29) is 39.6 Å². The van der Waals surface area contributed by atoms with E-state index in [4.69, 9.17) is 20.4 Å². The number of rotatable bonds is 8. The number of aromatic nitrogens is 2. The fourth-order valence-corrected chi connectivity index (χ4v) is 6.44. The van der Waals surface area contributed by atoms with Crippen molar-refractivity contribution in [3.63, 3.8) is 0 Å². The SMILES string of the molecule is CC(C)Cc1nc2c(c(-c3ccc4c(c3)oc(=O)n4[C@H](C)c3ccc(C#N)c(F)c3)c1C(N)=O)C(=O)N[C@@]2(C)Cc1ccc(F)cc1. The van der Waals surface area contributed by atoms with Crippen molar-refractivity contribution in [3.05, 3.63) is 122 Å². The number of pyridine rings is 1. The monoisotopic (exact) mass is 635 g/mol. The van der Waals surface area contributed by atoms with Crippen LogP contribution in [0.3, 0.4) is 0 Å². The number of carbonyl (C=O) groups is 2. The van der Waals surface area contributed by atoms with Gasteiger partial charge in [0, 0.05) is 12.0 Å². The Bertz CT molecular complexity index is 2200. The summed E-state index contributed by atoms with van der Waals surface area (Å²) in [5, 5.41) is 12.1. The van der Waals surface area contributed by atoms with Gasteiger partial charge in [0.1, 0.15) is 17.7 Å². The molecule has 0 spiro atoms. The van der Waals surface area contributed by atoms with E-state index in [1.807, 2.05) is 20.8 Å². The van der Waals surface area contributed by atoms with Crippen LogP contribution in [0.2, 0.25) is 0 Å². The molecule has 47 heavy (non-hydrogen) atoms. The van der Waals surface area contributed by atoms with Gasteiger partial charge in [0.2, 0.25) is 0 Å². The quantitative estimate of drug-likeness (QED) is 0.217. The molecule has 11 heteroatoms. The van der Waals surface area contributed by atoms with Crippen molar-refractivity contribution in [1.29, 1.82) is 5.26 Å². The summed E-state index contributed by atoms with van der Waals surface area (Å²) in [6.45, 7) is 7.49. The fraction of sp³-hybridized carbons (Fsp3) is 0.250. The van der Waals surface area contributed by atoms with Gasteiger partial charge in [-0.2, -0.15) is 5.26 Å². The number of halogens is 2. The van der Waals surface area contributed by atoms with Gasteiger partial charge in [-0.1, -0.05) is 38.1 Å². The van der Waals surface area contributed by atoms with E-state index in [1.165, 1.54) is 28.8 Å². The van der Waals surface area contributed by atoms with Crippen molar-refractivity contribution >= 4 is 22.9 Å². The van der Waals surface area contributed by atoms with Crippen molar-refractivity contribution in [2.75, 3.05) is 0 Å². The molecule has 1 aliphatic heterocycles. The summed E-state index contributed by atoms with van der Waals surface area (Å²) in [6, 6.07) is 16.1. The summed E-state index contributed by atoms with van der Waals surface area (Å²) in [7, 11) is 0. The third-order valence-electron chi connectivity index (χ3n) is 8.62. The molecule has 3 heterocycles. The van der Waals surface area contributed by atoms with E-state index in [0.717, 1.165) is 5.56 Å². The van der Waals surface area contributed by atoms with Gasteiger partial charge >= 0.3 is 5.76 Å². The lowest BCUT2D eigenvalue weighted by atomic mass is 9.84. The van der Waals surface area contributed by atoms with Gasteiger partial charge in [-0.15, -0.1) is 0 Å². The molecule has 0 saturated carbocycles. The first-order chi connectivity index (χ1) is 22.3. The Kier molecular flexibility index (Phi) is 7.76. The maximum absolute atomic E-state index is 14.4. The highest BCUT2D eigenvalue weighted by Crippen LogP contribution is 2.42. The Morgan fingerprint density at radius 3 is 2.43 bits per heavy atom. The third kappa shape index (κ3) is 5.46. The van der Waals surface area contributed by atoms with E-state index in [2.05, 4.69) is 5.32 Å². The fourth-order valence-electron chi connectivity index (χ4n) is 6.44. The summed E-state index contributed by atoms with van der Waals surface area (Å²) >= 11 is 0. The summed E-state index contributed by atoms with van der Waals surface area (Å²) in [5.41, 5.74) is 8.49. The van der Waals surface area contributed by atoms with E-state index in [9.17, 15) is 23.2 Å². The maximum atomic E-state index is 14.4. The molecule has 0 fully saturated rings. The molecule has 2 atom stereocenters. The highest BCUT2D eigenvalue weighted by molar-refractivity contribution is 6.12. The molecule has 0 saturated heterocycles. The normalized spacial score (nSPS) is 16.3. The zero-order chi connectivity index (χ0) is 33.8. The number of benzene rings is 3. The maximum Gasteiger partial charge on any atom is 0.420 e. The highest BCUT2D eigenvalue weighted by atomic mass is 19.1. The van der Waals surface area contributed by atoms with Gasteiger partial charge < -0.3 is 15.5 Å². The van der Waals surface area contributed by atoms with Crippen molar-refractivity contribution in [1.82, 2.24) is 14.9 Å². The molecule has 9 nitrogen and oxygen atoms in total. The van der Waals surface area contributed by atoms with Crippen molar-refractivity contribution in [3.8, 4) is 17.2 Å². The van der Waals surface area contributed by atoms with Gasteiger partial charge in [-0.25, -0.2) is 13.6 Å². The molecule has 0 aliphatic carbocycles. The number of nitriles is 1. The van der Waals surface area contributed by atoms with Crippen LogP contribution in [0.25, 0.3) is 22.2 Å². The topological polar surface area (TPSA) is 144 Å². The van der Waals surface area contributed by atoms with Crippen LogP contribution in [0, 0.1) is 28.9 Å². The highest BCUT2D eigenvalue weighted by Gasteiger charge is 2.44. The Morgan fingerprint density at radius 1 is 1.06 bits per heavy atom. The molecule has 0 bridgehead atoms. The smallest absolute Gasteiger partial charge is 0.408 e. The molecule has 3 aromatic carbocycles. The van der Waals surface area contributed by atoms with E-state index >= 15 is 0 Å². The summed E-state index contributed by atoms with van der Waals surface area (Å²) in [4.78, 5) is 44.9. The number of hydrogen-bond acceptors (Lipinski definition) is 6. The second kappa shape index (κ2) is 11.6. The molecule has 2 amide bonds. The minimum atomic E-state index is -0.993. The van der Waals surface area contributed by atoms with Gasteiger partial charge in [-0.3, -0.25) is 19.1 Å². The first kappa shape index (κ1) is 31.4. The first-order valence-electron chi connectivity index (χ1n) is 15.1. The lowest BCUT2D eigenvalue weighted by Crippen LogP contribution is -2.39. The van der Waals surface area contributed by atoms with Gasteiger partial charge in [-0.05, 0) is 79.3 Å². The van der Waals surface area contributed by atoms with Crippen LogP contribution >= 0.6 is 0 Å². The lowest BCUT2D eigenvalue weighted by Gasteiger charge is -2.26. The average molecular weight is 636 g/mol. The molecule has 0 unspecified atom stereocenters. The lowest BCUT2D eigenvalue weighted by molar-refractivity contribution is 0.0935. The standard InChI is InChI=1S/C36H31F2N5O4/c1-18(2)13-26-30(33(40)44)29(31-32(41-26)36(4,42-34(31)45)16-20-5-10-24(37)11-6-20)22-9-12-27-28(15-22)47-35(46)43(27)19(3)21-7-8-23(17-39)25(38)14-21/h5-12,14-15,18-19H,13,16H2,1-4H3,(H2,40,44)(H,42,45)/t19-,36+/m1/s1. The molecule has 1 aliphatic rings. The molecular weight excluding hydrogens is 604 g/mol. The third-order valence-corrected chi connectivity index (χ3v) is 8.62. The van der Waals surface area contributed by atoms with Crippen LogP contribution in [0.15, 0.2) is 69.9 Å². The van der Waals surface area contributed by atoms with Gasteiger partial charge in [0.25, 0.3) is 11.8 Å². The predicted molar refractivity (Wildman–Crippen MR) is 171 cm³/mol. The molecule has 238 valence electrons. The van der Waals surface area contributed by atoms with E-state index in [0.29, 0.717) is 40.9 Å². The second-order valence-electron chi connectivity index (χ2n) is 12.5. The number of primary amides is 1. The Balaban J connectivity index is 1.54. The van der Waals surface area contributed by atoms with Crippen LogP contribution in [0.5, 0.6) is 0 Å². The summed E-state index contributed by atoms with van der Waals surface area (Å²) in [6.07, 6.45) is 0.700. The molecule has 2 aromatic heterocycles. The number of oxazole rings is 1. The van der Waals surface area contributed by atoms with Gasteiger partial charge in [0.05, 0.1) is 45.2 Å². The van der Waals surface area contributed by atoms with Crippen LogP contribution in [0.1, 0.15) is 82.5 Å². The van der Waals surface area contributed by atoms with Gasteiger partial charge in [0.15, 0.2) is 5.58 Å². The van der Waals surface area contributed by atoms with E-state index < -0.39 is 35.0 Å². The minimum Gasteiger partial charge on any atom is -0.408 e. The van der Waals surface area contributed by atoms with Crippen LogP contribution in [-0.2, 0) is 18.4 Å². The van der Waals surface area contributed by atoms with Crippen molar-refractivity contribution in [2.24, 2.45) is 11.7 Å². The zero-order valence-corrected chi connectivity index (χ0v) is 26.2. The molecule has 6 rings (SSSR count). The number of fused-ring (bicyclic) bond motifs is 2. The van der Waals surface area contributed by atoms with Crippen molar-refractivity contribution < 1.29 is 22.8 Å². The van der Waals surface area contributed by atoms with Crippen molar-refractivity contribution in [2.45, 2.75) is 52.1 Å².